The van der Waals surface area contributed by atoms with Crippen molar-refractivity contribution in [2.45, 2.75) is 13.5 Å². The minimum Gasteiger partial charge on any atom is -0.496 e. The summed E-state index contributed by atoms with van der Waals surface area (Å²) in [7, 11) is 1.65. The van der Waals surface area contributed by atoms with Gasteiger partial charge in [0.25, 0.3) is 0 Å². The van der Waals surface area contributed by atoms with Gasteiger partial charge in [0, 0.05) is 0 Å². The molecule has 0 amide bonds. The van der Waals surface area contributed by atoms with Gasteiger partial charge in [-0.3, -0.25) is 0 Å². The van der Waals surface area contributed by atoms with Gasteiger partial charge in [0.2, 0.25) is 0 Å². The van der Waals surface area contributed by atoms with E-state index >= 15 is 0 Å². The molecular formula is C10H16ClN3O. The maximum atomic E-state index is 5.24. The van der Waals surface area contributed by atoms with Gasteiger partial charge in [0.05, 0.1) is 13.7 Å². The number of hydrogen-bond donors (Lipinski definition) is 2. The Hall–Kier alpha value is -1.42. The molecule has 4 nitrogen and oxygen atoms in total. The number of nitrogens with two attached hydrogens (primary N) is 2. The van der Waals surface area contributed by atoms with Crippen LogP contribution in [-0.4, -0.2) is 13.1 Å². The predicted octanol–water partition coefficient (Wildman–Crippen LogP) is 1.20. The number of aryl methyl sites for hydroxylation is 1. The Morgan fingerprint density at radius 1 is 1.40 bits per heavy atom. The zero-order chi connectivity index (χ0) is 10.6. The number of benzene rings is 1. The number of halogens is 1. The average Bonchev–Trinajstić information content (AvgIpc) is 2.15. The number of guanidine groups is 1. The van der Waals surface area contributed by atoms with Crippen LogP contribution in [0.25, 0.3) is 0 Å². The highest BCUT2D eigenvalue weighted by Gasteiger charge is 1.98. The molecule has 0 saturated heterocycles. The second kappa shape index (κ2) is 6.14. The van der Waals surface area contributed by atoms with Gasteiger partial charge in [-0.1, -0.05) is 12.1 Å². The molecule has 0 saturated carbocycles. The van der Waals surface area contributed by atoms with Crippen molar-refractivity contribution in [3.05, 3.63) is 29.3 Å². The molecule has 5 heteroatoms. The van der Waals surface area contributed by atoms with Crippen LogP contribution < -0.4 is 16.2 Å². The summed E-state index contributed by atoms with van der Waals surface area (Å²) < 4.78 is 5.14. The van der Waals surface area contributed by atoms with E-state index in [4.69, 9.17) is 16.2 Å². The molecule has 0 bridgehead atoms. The molecule has 0 aliphatic heterocycles. The van der Waals surface area contributed by atoms with Crippen molar-refractivity contribution in [2.24, 2.45) is 16.5 Å². The molecule has 0 aromatic heterocycles. The third-order valence-electron chi connectivity index (χ3n) is 1.90. The Balaban J connectivity index is 0.00000196. The van der Waals surface area contributed by atoms with Gasteiger partial charge in [-0.05, 0) is 24.1 Å². The van der Waals surface area contributed by atoms with Gasteiger partial charge in [0.1, 0.15) is 5.75 Å². The van der Waals surface area contributed by atoms with E-state index in [1.807, 2.05) is 25.1 Å². The number of aliphatic imine (C=N–C) groups is 1. The first kappa shape index (κ1) is 13.6. The molecule has 4 N–H and O–H groups in total. The van der Waals surface area contributed by atoms with Crippen molar-refractivity contribution in [3.63, 3.8) is 0 Å². The quantitative estimate of drug-likeness (QED) is 0.604. The van der Waals surface area contributed by atoms with Crippen molar-refractivity contribution >= 4 is 18.4 Å². The van der Waals surface area contributed by atoms with Crippen LogP contribution in [0.3, 0.4) is 0 Å². The zero-order valence-corrected chi connectivity index (χ0v) is 9.67. The number of nitrogens with zero attached hydrogens (tertiary/aromatic N) is 1. The fourth-order valence-electron chi connectivity index (χ4n) is 1.22. The molecule has 84 valence electrons. The minimum atomic E-state index is 0. The van der Waals surface area contributed by atoms with Gasteiger partial charge in [-0.25, -0.2) is 4.99 Å². The van der Waals surface area contributed by atoms with Crippen LogP contribution in [0.1, 0.15) is 11.1 Å². The molecular weight excluding hydrogens is 214 g/mol. The molecule has 0 heterocycles. The lowest BCUT2D eigenvalue weighted by Crippen LogP contribution is -2.22. The second-order valence-electron chi connectivity index (χ2n) is 3.05. The summed E-state index contributed by atoms with van der Waals surface area (Å²) in [6.45, 7) is 2.49. The lowest BCUT2D eigenvalue weighted by atomic mass is 10.1. The van der Waals surface area contributed by atoms with Crippen molar-refractivity contribution in [2.75, 3.05) is 7.11 Å². The molecule has 1 rings (SSSR count). The number of rotatable bonds is 3. The van der Waals surface area contributed by atoms with E-state index in [1.165, 1.54) is 0 Å². The van der Waals surface area contributed by atoms with Crippen molar-refractivity contribution in [3.8, 4) is 5.75 Å². The summed E-state index contributed by atoms with van der Waals surface area (Å²) in [5, 5.41) is 0. The Bertz CT molecular complexity index is 349. The van der Waals surface area contributed by atoms with Crippen LogP contribution in [-0.2, 0) is 6.54 Å². The lowest BCUT2D eigenvalue weighted by molar-refractivity contribution is 0.411. The van der Waals surface area contributed by atoms with Gasteiger partial charge in [-0.15, -0.1) is 12.4 Å². The molecule has 15 heavy (non-hydrogen) atoms. The summed E-state index contributed by atoms with van der Waals surface area (Å²) in [5.74, 6) is 0.983. The van der Waals surface area contributed by atoms with Crippen LogP contribution in [0.5, 0.6) is 5.75 Å². The van der Waals surface area contributed by atoms with Crippen LogP contribution in [0.4, 0.5) is 0 Å². The normalized spacial score (nSPS) is 8.93. The first-order valence-electron chi connectivity index (χ1n) is 4.32. The Morgan fingerprint density at radius 2 is 2.07 bits per heavy atom. The summed E-state index contributed by atoms with van der Waals surface area (Å²) in [6.07, 6.45) is 0. The Labute approximate surface area is 95.7 Å². The van der Waals surface area contributed by atoms with Crippen LogP contribution in [0, 0.1) is 6.92 Å². The Kier molecular flexibility index (Phi) is 5.56. The summed E-state index contributed by atoms with van der Waals surface area (Å²) >= 11 is 0. The third kappa shape index (κ3) is 4.08. The van der Waals surface area contributed by atoms with Gasteiger partial charge >= 0.3 is 0 Å². The average molecular weight is 230 g/mol. The maximum Gasteiger partial charge on any atom is 0.186 e. The molecule has 0 spiro atoms. The summed E-state index contributed by atoms with van der Waals surface area (Å²) in [4.78, 5) is 3.92. The maximum absolute atomic E-state index is 5.24. The third-order valence-corrected chi connectivity index (χ3v) is 1.90. The molecule has 0 atom stereocenters. The van der Waals surface area contributed by atoms with Crippen LogP contribution >= 0.6 is 12.4 Å². The van der Waals surface area contributed by atoms with E-state index in [9.17, 15) is 0 Å². The largest absolute Gasteiger partial charge is 0.496 e. The molecule has 0 fully saturated rings. The Morgan fingerprint density at radius 3 is 2.53 bits per heavy atom. The predicted molar refractivity (Wildman–Crippen MR) is 64.5 cm³/mol. The summed E-state index contributed by atoms with van der Waals surface area (Å²) in [5.41, 5.74) is 12.6. The number of methoxy groups -OCH3 is 1. The standard InChI is InChI=1S/C10H15N3O.ClH/c1-7-5-8(6-13-10(11)12)3-4-9(7)14-2;/h3-5H,6H2,1-2H3,(H4,11,12,13);1H. The fourth-order valence-corrected chi connectivity index (χ4v) is 1.22. The second-order valence-corrected chi connectivity index (χ2v) is 3.05. The first-order chi connectivity index (χ1) is 6.63. The molecule has 1 aromatic rings. The molecule has 0 aliphatic rings. The summed E-state index contributed by atoms with van der Waals surface area (Å²) in [6, 6.07) is 5.86. The highest BCUT2D eigenvalue weighted by molar-refractivity contribution is 5.85. The van der Waals surface area contributed by atoms with Crippen molar-refractivity contribution in [1.82, 2.24) is 0 Å². The number of ether oxygens (including phenoxy) is 1. The van der Waals surface area contributed by atoms with E-state index in [2.05, 4.69) is 4.99 Å². The van der Waals surface area contributed by atoms with Crippen molar-refractivity contribution in [1.29, 1.82) is 0 Å². The van der Waals surface area contributed by atoms with E-state index in [0.29, 0.717) is 6.54 Å². The van der Waals surface area contributed by atoms with Gasteiger partial charge in [0.15, 0.2) is 5.96 Å². The van der Waals surface area contributed by atoms with Gasteiger partial charge in [-0.2, -0.15) is 0 Å². The SMILES string of the molecule is COc1ccc(CN=C(N)N)cc1C.Cl. The van der Waals surface area contributed by atoms with E-state index in [-0.39, 0.29) is 18.4 Å². The fraction of sp³-hybridized carbons (Fsp3) is 0.300. The van der Waals surface area contributed by atoms with E-state index in [1.54, 1.807) is 7.11 Å². The topological polar surface area (TPSA) is 73.6 Å². The van der Waals surface area contributed by atoms with Crippen molar-refractivity contribution < 1.29 is 4.74 Å². The monoisotopic (exact) mass is 229 g/mol. The smallest absolute Gasteiger partial charge is 0.186 e. The molecule has 0 unspecified atom stereocenters. The zero-order valence-electron chi connectivity index (χ0n) is 8.86. The first-order valence-corrected chi connectivity index (χ1v) is 4.32. The van der Waals surface area contributed by atoms with E-state index in [0.717, 1.165) is 16.9 Å². The minimum absolute atomic E-state index is 0. The highest BCUT2D eigenvalue weighted by Crippen LogP contribution is 2.18. The molecule has 0 aliphatic carbocycles. The highest BCUT2D eigenvalue weighted by atomic mass is 35.5. The van der Waals surface area contributed by atoms with Crippen LogP contribution in [0.2, 0.25) is 0 Å². The molecule has 0 radical (unpaired) electrons. The van der Waals surface area contributed by atoms with Gasteiger partial charge < -0.3 is 16.2 Å². The number of hydrogen-bond acceptors (Lipinski definition) is 2. The molecule has 1 aromatic carbocycles. The lowest BCUT2D eigenvalue weighted by Gasteiger charge is -2.05. The van der Waals surface area contributed by atoms with E-state index < -0.39 is 0 Å². The van der Waals surface area contributed by atoms with Crippen LogP contribution in [0.15, 0.2) is 23.2 Å².